The topological polar surface area (TPSA) is 58.6 Å². The van der Waals surface area contributed by atoms with Crippen molar-refractivity contribution < 1.29 is 23.1 Å². The molecule has 140 valence electrons. The Kier molecular flexibility index (Phi) is 5.61. The predicted molar refractivity (Wildman–Crippen MR) is 96.6 cm³/mol. The number of benzene rings is 2. The second kappa shape index (κ2) is 8.09. The predicted octanol–water partition coefficient (Wildman–Crippen LogP) is 3.19. The van der Waals surface area contributed by atoms with E-state index in [-0.39, 0.29) is 23.5 Å². The zero-order valence-corrected chi connectivity index (χ0v) is 14.7. The van der Waals surface area contributed by atoms with E-state index in [0.717, 1.165) is 17.0 Å². The molecule has 0 atom stereocenters. The van der Waals surface area contributed by atoms with Crippen LogP contribution in [0.3, 0.4) is 0 Å². The van der Waals surface area contributed by atoms with Crippen molar-refractivity contribution in [1.29, 1.82) is 0 Å². The molecule has 1 N–H and O–H groups in total. The molecule has 2 aromatic rings. The molecule has 2 aromatic carbocycles. The molecule has 0 aromatic heterocycles. The normalized spacial score (nSPS) is 14.3. The summed E-state index contributed by atoms with van der Waals surface area (Å²) < 4.78 is 31.7. The largest absolute Gasteiger partial charge is 0.385 e. The Morgan fingerprint density at radius 3 is 2.41 bits per heavy atom. The highest BCUT2D eigenvalue weighted by molar-refractivity contribution is 6.36. The standard InChI is InChI=1S/C20H18F2N2O3/c1-27-11-5-10-24-19(25)17(13-6-3-2-4-7-13)18(20(24)26)23-14-8-9-15(21)16(22)12-14/h2-4,6-9,12,23H,5,10-11H2,1H3. The van der Waals surface area contributed by atoms with Gasteiger partial charge in [0.2, 0.25) is 0 Å². The fourth-order valence-corrected chi connectivity index (χ4v) is 2.85. The van der Waals surface area contributed by atoms with Crippen LogP contribution in [-0.4, -0.2) is 37.0 Å². The SMILES string of the molecule is COCCCN1C(=O)C(Nc2ccc(F)c(F)c2)=C(c2ccccc2)C1=O. The van der Waals surface area contributed by atoms with Crippen LogP contribution in [0.25, 0.3) is 5.57 Å². The van der Waals surface area contributed by atoms with Crippen molar-refractivity contribution in [3.63, 3.8) is 0 Å². The molecule has 2 amide bonds. The van der Waals surface area contributed by atoms with Crippen LogP contribution >= 0.6 is 0 Å². The van der Waals surface area contributed by atoms with Crippen LogP contribution < -0.4 is 5.32 Å². The summed E-state index contributed by atoms with van der Waals surface area (Å²) in [6.45, 7) is 0.606. The third-order valence-electron chi connectivity index (χ3n) is 4.15. The Hall–Kier alpha value is -3.06. The van der Waals surface area contributed by atoms with Crippen LogP contribution in [0.4, 0.5) is 14.5 Å². The van der Waals surface area contributed by atoms with Crippen molar-refractivity contribution in [1.82, 2.24) is 4.90 Å². The fourth-order valence-electron chi connectivity index (χ4n) is 2.85. The van der Waals surface area contributed by atoms with Gasteiger partial charge in [-0.05, 0) is 24.1 Å². The highest BCUT2D eigenvalue weighted by Gasteiger charge is 2.38. The first-order chi connectivity index (χ1) is 13.0. The molecule has 0 spiro atoms. The third-order valence-corrected chi connectivity index (χ3v) is 4.15. The number of rotatable bonds is 7. The third kappa shape index (κ3) is 3.88. The second-order valence-corrected chi connectivity index (χ2v) is 5.98. The number of carbonyl (C=O) groups is 2. The minimum atomic E-state index is -1.05. The number of nitrogens with zero attached hydrogens (tertiary/aromatic N) is 1. The van der Waals surface area contributed by atoms with Crippen molar-refractivity contribution in [2.24, 2.45) is 0 Å². The molecule has 0 bridgehead atoms. The maximum atomic E-state index is 13.5. The first-order valence-corrected chi connectivity index (χ1v) is 8.40. The van der Waals surface area contributed by atoms with E-state index in [1.165, 1.54) is 13.2 Å². The van der Waals surface area contributed by atoms with E-state index >= 15 is 0 Å². The smallest absolute Gasteiger partial charge is 0.278 e. The van der Waals surface area contributed by atoms with Crippen molar-refractivity contribution in [2.75, 3.05) is 25.6 Å². The quantitative estimate of drug-likeness (QED) is 0.599. The van der Waals surface area contributed by atoms with Gasteiger partial charge >= 0.3 is 0 Å². The average Bonchev–Trinajstić information content (AvgIpc) is 2.90. The van der Waals surface area contributed by atoms with Gasteiger partial charge in [0.1, 0.15) is 5.70 Å². The Morgan fingerprint density at radius 1 is 1.00 bits per heavy atom. The first-order valence-electron chi connectivity index (χ1n) is 8.40. The molecule has 1 aliphatic heterocycles. The number of hydrogen-bond acceptors (Lipinski definition) is 4. The number of nitrogens with one attached hydrogen (secondary N) is 1. The minimum absolute atomic E-state index is 0.0367. The summed E-state index contributed by atoms with van der Waals surface area (Å²) in [6, 6.07) is 11.9. The summed E-state index contributed by atoms with van der Waals surface area (Å²) in [4.78, 5) is 26.8. The number of ether oxygens (including phenoxy) is 1. The molecular weight excluding hydrogens is 354 g/mol. The number of halogens is 2. The number of anilines is 1. The van der Waals surface area contributed by atoms with E-state index in [1.807, 2.05) is 0 Å². The number of carbonyl (C=O) groups excluding carboxylic acids is 2. The van der Waals surface area contributed by atoms with Gasteiger partial charge in [0.25, 0.3) is 11.8 Å². The lowest BCUT2D eigenvalue weighted by Gasteiger charge is -2.15. The van der Waals surface area contributed by atoms with Gasteiger partial charge in [-0.25, -0.2) is 8.78 Å². The van der Waals surface area contributed by atoms with E-state index in [2.05, 4.69) is 5.32 Å². The van der Waals surface area contributed by atoms with Crippen LogP contribution in [0.5, 0.6) is 0 Å². The van der Waals surface area contributed by atoms with Gasteiger partial charge in [0.15, 0.2) is 11.6 Å². The van der Waals surface area contributed by atoms with Gasteiger partial charge in [-0.3, -0.25) is 14.5 Å². The molecule has 7 heteroatoms. The highest BCUT2D eigenvalue weighted by Crippen LogP contribution is 2.30. The Balaban J connectivity index is 1.98. The monoisotopic (exact) mass is 372 g/mol. The maximum absolute atomic E-state index is 13.5. The summed E-state index contributed by atoms with van der Waals surface area (Å²) in [7, 11) is 1.54. The lowest BCUT2D eigenvalue weighted by Crippen LogP contribution is -2.33. The molecule has 0 unspecified atom stereocenters. The molecular formula is C20H18F2N2O3. The molecule has 1 heterocycles. The summed E-state index contributed by atoms with van der Waals surface area (Å²) in [5.41, 5.74) is 0.977. The second-order valence-electron chi connectivity index (χ2n) is 5.98. The van der Waals surface area contributed by atoms with Crippen LogP contribution in [0.15, 0.2) is 54.2 Å². The van der Waals surface area contributed by atoms with Gasteiger partial charge < -0.3 is 10.1 Å². The van der Waals surface area contributed by atoms with Gasteiger partial charge in [-0.2, -0.15) is 0 Å². The zero-order valence-electron chi connectivity index (χ0n) is 14.7. The summed E-state index contributed by atoms with van der Waals surface area (Å²) in [6.07, 6.45) is 0.495. The number of methoxy groups -OCH3 is 1. The van der Waals surface area contributed by atoms with E-state index in [1.54, 1.807) is 30.3 Å². The highest BCUT2D eigenvalue weighted by atomic mass is 19.2. The number of hydrogen-bond donors (Lipinski definition) is 1. The van der Waals surface area contributed by atoms with Crippen LogP contribution in [-0.2, 0) is 14.3 Å². The first kappa shape index (κ1) is 18.7. The average molecular weight is 372 g/mol. The van der Waals surface area contributed by atoms with Crippen LogP contribution in [0, 0.1) is 11.6 Å². The van der Waals surface area contributed by atoms with Crippen LogP contribution in [0.2, 0.25) is 0 Å². The molecule has 5 nitrogen and oxygen atoms in total. The Labute approximate surface area is 155 Å². The molecule has 0 saturated carbocycles. The number of amides is 2. The van der Waals surface area contributed by atoms with Crippen LogP contribution in [0.1, 0.15) is 12.0 Å². The molecule has 27 heavy (non-hydrogen) atoms. The molecule has 1 aliphatic rings. The van der Waals surface area contributed by atoms with E-state index in [4.69, 9.17) is 4.74 Å². The van der Waals surface area contributed by atoms with Gasteiger partial charge in [-0.15, -0.1) is 0 Å². The lowest BCUT2D eigenvalue weighted by atomic mass is 10.0. The molecule has 0 fully saturated rings. The van der Waals surface area contributed by atoms with Crippen molar-refractivity contribution in [2.45, 2.75) is 6.42 Å². The Bertz CT molecular complexity index is 897. The number of imide groups is 1. The molecule has 0 radical (unpaired) electrons. The van der Waals surface area contributed by atoms with Crippen molar-refractivity contribution >= 4 is 23.1 Å². The van der Waals surface area contributed by atoms with Gasteiger partial charge in [0, 0.05) is 32.0 Å². The zero-order chi connectivity index (χ0) is 19.4. The maximum Gasteiger partial charge on any atom is 0.278 e. The van der Waals surface area contributed by atoms with Gasteiger partial charge in [0.05, 0.1) is 5.57 Å². The van der Waals surface area contributed by atoms with Gasteiger partial charge in [-0.1, -0.05) is 30.3 Å². The minimum Gasteiger partial charge on any atom is -0.385 e. The summed E-state index contributed by atoms with van der Waals surface area (Å²) in [5.74, 6) is -2.99. The van der Waals surface area contributed by atoms with Crippen molar-refractivity contribution in [3.05, 3.63) is 71.4 Å². The molecule has 0 saturated heterocycles. The summed E-state index contributed by atoms with van der Waals surface area (Å²) in [5, 5.41) is 2.79. The van der Waals surface area contributed by atoms with Crippen molar-refractivity contribution in [3.8, 4) is 0 Å². The van der Waals surface area contributed by atoms with E-state index in [9.17, 15) is 18.4 Å². The summed E-state index contributed by atoms with van der Waals surface area (Å²) >= 11 is 0. The van der Waals surface area contributed by atoms with E-state index in [0.29, 0.717) is 18.6 Å². The van der Waals surface area contributed by atoms with E-state index < -0.39 is 23.4 Å². The lowest BCUT2D eigenvalue weighted by molar-refractivity contribution is -0.136. The Morgan fingerprint density at radius 2 is 1.74 bits per heavy atom. The fraction of sp³-hybridized carbons (Fsp3) is 0.200. The molecule has 3 rings (SSSR count). The molecule has 0 aliphatic carbocycles.